The van der Waals surface area contributed by atoms with Crippen molar-refractivity contribution in [2.24, 2.45) is 0 Å². The molecule has 4 aromatic rings. The minimum atomic E-state index is -0.00237. The van der Waals surface area contributed by atoms with Gasteiger partial charge in [-0.15, -0.1) is 11.3 Å². The molecule has 6 nitrogen and oxygen atoms in total. The number of amides is 1. The molecule has 1 saturated heterocycles. The third-order valence-corrected chi connectivity index (χ3v) is 7.44. The van der Waals surface area contributed by atoms with Crippen molar-refractivity contribution in [1.82, 2.24) is 19.7 Å². The van der Waals surface area contributed by atoms with Crippen molar-refractivity contribution in [1.29, 1.82) is 0 Å². The van der Waals surface area contributed by atoms with Crippen molar-refractivity contribution in [3.05, 3.63) is 71.4 Å². The van der Waals surface area contributed by atoms with Crippen LogP contribution >= 0.6 is 11.3 Å². The lowest BCUT2D eigenvalue weighted by molar-refractivity contribution is -0.117. The van der Waals surface area contributed by atoms with Crippen molar-refractivity contribution >= 4 is 33.3 Å². The fraction of sp³-hybridized carbons (Fsp3) is 0.320. The molecule has 1 atom stereocenters. The summed E-state index contributed by atoms with van der Waals surface area (Å²) in [5.74, 6) is 1.27. The molecule has 1 N–H and O–H groups in total. The SMILES string of the molecule is O=C(CN1CCCC1c1nc2ccccc2s1)Nc1cc(C2CC2)nn1-c1ccccc1. The maximum atomic E-state index is 13.1. The number of aromatic nitrogens is 3. The molecule has 1 saturated carbocycles. The summed E-state index contributed by atoms with van der Waals surface area (Å²) in [5.41, 5.74) is 3.07. The molecule has 1 unspecified atom stereocenters. The molecule has 0 spiro atoms. The van der Waals surface area contributed by atoms with Crippen LogP contribution in [0, 0.1) is 0 Å². The summed E-state index contributed by atoms with van der Waals surface area (Å²) in [6.07, 6.45) is 4.48. The summed E-state index contributed by atoms with van der Waals surface area (Å²) in [5, 5.41) is 9.05. The zero-order chi connectivity index (χ0) is 21.5. The van der Waals surface area contributed by atoms with E-state index < -0.39 is 0 Å². The summed E-state index contributed by atoms with van der Waals surface area (Å²) in [6, 6.07) is 20.5. The first-order chi connectivity index (χ1) is 15.7. The molecule has 0 bridgehead atoms. The van der Waals surface area contributed by atoms with Gasteiger partial charge in [-0.2, -0.15) is 5.10 Å². The van der Waals surface area contributed by atoms with Gasteiger partial charge in [-0.1, -0.05) is 30.3 Å². The number of benzene rings is 2. The van der Waals surface area contributed by atoms with Crippen molar-refractivity contribution in [3.63, 3.8) is 0 Å². The van der Waals surface area contributed by atoms with E-state index in [-0.39, 0.29) is 11.9 Å². The molecule has 1 aliphatic carbocycles. The number of nitrogens with zero attached hydrogens (tertiary/aromatic N) is 4. The number of carbonyl (C=O) groups is 1. The first-order valence-electron chi connectivity index (χ1n) is 11.3. The van der Waals surface area contributed by atoms with Gasteiger partial charge in [0.25, 0.3) is 0 Å². The number of hydrogen-bond acceptors (Lipinski definition) is 5. The highest BCUT2D eigenvalue weighted by molar-refractivity contribution is 7.18. The lowest BCUT2D eigenvalue weighted by Gasteiger charge is -2.22. The van der Waals surface area contributed by atoms with E-state index in [0.717, 1.165) is 47.1 Å². The van der Waals surface area contributed by atoms with Crippen LogP contribution in [-0.2, 0) is 4.79 Å². The third kappa shape index (κ3) is 3.82. The number of rotatable bonds is 6. The largest absolute Gasteiger partial charge is 0.309 e. The van der Waals surface area contributed by atoms with Crippen molar-refractivity contribution < 1.29 is 4.79 Å². The van der Waals surface area contributed by atoms with E-state index >= 15 is 0 Å². The highest BCUT2D eigenvalue weighted by Crippen LogP contribution is 2.40. The Morgan fingerprint density at radius 3 is 2.69 bits per heavy atom. The summed E-state index contributed by atoms with van der Waals surface area (Å²) in [6.45, 7) is 1.28. The van der Waals surface area contributed by atoms with Crippen LogP contribution in [0.1, 0.15) is 48.3 Å². The van der Waals surface area contributed by atoms with E-state index in [2.05, 4.69) is 28.4 Å². The lowest BCUT2D eigenvalue weighted by Crippen LogP contribution is -2.33. The Kier molecular flexibility index (Phi) is 5.00. The van der Waals surface area contributed by atoms with Crippen LogP contribution in [-0.4, -0.2) is 38.7 Å². The van der Waals surface area contributed by atoms with Crippen LogP contribution in [0.25, 0.3) is 15.9 Å². The molecule has 2 aliphatic rings. The number of thiazole rings is 1. The van der Waals surface area contributed by atoms with Gasteiger partial charge in [-0.25, -0.2) is 9.67 Å². The number of para-hydroxylation sites is 2. The van der Waals surface area contributed by atoms with E-state index in [1.165, 1.54) is 17.5 Å². The first kappa shape index (κ1) is 19.6. The Balaban J connectivity index is 1.21. The average molecular weight is 444 g/mol. The van der Waals surface area contributed by atoms with Gasteiger partial charge in [0.1, 0.15) is 10.8 Å². The normalized spacial score (nSPS) is 18.9. The van der Waals surface area contributed by atoms with Gasteiger partial charge < -0.3 is 5.32 Å². The molecular weight excluding hydrogens is 418 g/mol. The molecule has 2 aromatic heterocycles. The summed E-state index contributed by atoms with van der Waals surface area (Å²) < 4.78 is 3.07. The molecule has 32 heavy (non-hydrogen) atoms. The minimum Gasteiger partial charge on any atom is -0.309 e. The number of anilines is 1. The number of hydrogen-bond donors (Lipinski definition) is 1. The second-order valence-electron chi connectivity index (χ2n) is 8.67. The van der Waals surface area contributed by atoms with Crippen LogP contribution in [0.2, 0.25) is 0 Å². The van der Waals surface area contributed by atoms with Gasteiger partial charge in [0.05, 0.1) is 34.2 Å². The Morgan fingerprint density at radius 1 is 1.06 bits per heavy atom. The maximum absolute atomic E-state index is 13.1. The smallest absolute Gasteiger partial charge is 0.239 e. The van der Waals surface area contributed by atoms with Gasteiger partial charge >= 0.3 is 0 Å². The van der Waals surface area contributed by atoms with Gasteiger partial charge in [0.15, 0.2) is 0 Å². The second kappa shape index (κ2) is 8.15. The summed E-state index contributed by atoms with van der Waals surface area (Å²) >= 11 is 1.74. The van der Waals surface area contributed by atoms with Crippen LogP contribution in [0.5, 0.6) is 0 Å². The molecule has 6 rings (SSSR count). The van der Waals surface area contributed by atoms with E-state index in [1.807, 2.05) is 47.1 Å². The molecule has 2 fully saturated rings. The molecule has 7 heteroatoms. The molecule has 1 aliphatic heterocycles. The molecule has 1 amide bonds. The monoisotopic (exact) mass is 443 g/mol. The minimum absolute atomic E-state index is 0.00237. The van der Waals surface area contributed by atoms with E-state index in [0.29, 0.717) is 12.5 Å². The first-order valence-corrected chi connectivity index (χ1v) is 12.1. The Labute approximate surface area is 190 Å². The van der Waals surface area contributed by atoms with Crippen molar-refractivity contribution in [2.45, 2.75) is 37.6 Å². The van der Waals surface area contributed by atoms with Crippen LogP contribution in [0.15, 0.2) is 60.7 Å². The molecule has 0 radical (unpaired) electrons. The Morgan fingerprint density at radius 2 is 1.88 bits per heavy atom. The van der Waals surface area contributed by atoms with E-state index in [1.54, 1.807) is 11.3 Å². The average Bonchev–Trinajstić information content (AvgIpc) is 3.21. The number of nitrogens with one attached hydrogen (secondary N) is 1. The van der Waals surface area contributed by atoms with Crippen molar-refractivity contribution in [2.75, 3.05) is 18.4 Å². The molecule has 2 aromatic carbocycles. The van der Waals surface area contributed by atoms with Gasteiger partial charge in [-0.3, -0.25) is 9.69 Å². The van der Waals surface area contributed by atoms with Crippen LogP contribution < -0.4 is 5.32 Å². The number of likely N-dealkylation sites (tertiary alicyclic amines) is 1. The Hall–Kier alpha value is -3.03. The molecule has 162 valence electrons. The standard InChI is InChI=1S/C25H25N5OS/c31-24(16-29-14-6-10-21(29)25-26-19-9-4-5-11-22(19)32-25)27-23-15-20(17-12-13-17)28-30(23)18-7-2-1-3-8-18/h1-5,7-9,11,15,17,21H,6,10,12-14,16H2,(H,27,31). The quantitative estimate of drug-likeness (QED) is 0.448. The van der Waals surface area contributed by atoms with Crippen LogP contribution in [0.3, 0.4) is 0 Å². The summed E-state index contributed by atoms with van der Waals surface area (Å²) in [4.78, 5) is 20.2. The second-order valence-corrected chi connectivity index (χ2v) is 9.73. The zero-order valence-corrected chi connectivity index (χ0v) is 18.6. The van der Waals surface area contributed by atoms with Gasteiger partial charge in [0, 0.05) is 12.0 Å². The topological polar surface area (TPSA) is 63.1 Å². The van der Waals surface area contributed by atoms with Gasteiger partial charge in [0.2, 0.25) is 5.91 Å². The molecular formula is C25H25N5OS. The van der Waals surface area contributed by atoms with Gasteiger partial charge in [-0.05, 0) is 56.5 Å². The molecule has 3 heterocycles. The fourth-order valence-corrected chi connectivity index (χ4v) is 5.66. The maximum Gasteiger partial charge on any atom is 0.239 e. The lowest BCUT2D eigenvalue weighted by atomic mass is 10.2. The predicted octanol–water partition coefficient (Wildman–Crippen LogP) is 5.14. The van der Waals surface area contributed by atoms with Crippen LogP contribution in [0.4, 0.5) is 5.82 Å². The fourth-order valence-electron chi connectivity index (χ4n) is 4.53. The summed E-state index contributed by atoms with van der Waals surface area (Å²) in [7, 11) is 0. The highest BCUT2D eigenvalue weighted by Gasteiger charge is 2.31. The third-order valence-electron chi connectivity index (χ3n) is 6.30. The number of fused-ring (bicyclic) bond motifs is 1. The predicted molar refractivity (Wildman–Crippen MR) is 127 cm³/mol. The van der Waals surface area contributed by atoms with E-state index in [4.69, 9.17) is 10.1 Å². The zero-order valence-electron chi connectivity index (χ0n) is 17.8. The highest BCUT2D eigenvalue weighted by atomic mass is 32.1. The number of carbonyl (C=O) groups excluding carboxylic acids is 1. The van der Waals surface area contributed by atoms with Crippen molar-refractivity contribution in [3.8, 4) is 5.69 Å². The Bertz CT molecular complexity index is 1230. The van der Waals surface area contributed by atoms with E-state index in [9.17, 15) is 4.79 Å².